The van der Waals surface area contributed by atoms with Gasteiger partial charge in [-0.05, 0) is 31.7 Å². The number of hydrogen-bond acceptors (Lipinski definition) is 1. The lowest BCUT2D eigenvalue weighted by molar-refractivity contribution is 0.405. The highest BCUT2D eigenvalue weighted by Gasteiger charge is 2.10. The lowest BCUT2D eigenvalue weighted by Gasteiger charge is -2.22. The Morgan fingerprint density at radius 2 is 1.78 bits per heavy atom. The maximum atomic E-state index is 3.77. The molecule has 1 nitrogen and oxygen atoms in total. The maximum Gasteiger partial charge on any atom is 0.0107 e. The van der Waals surface area contributed by atoms with Crippen molar-refractivity contribution in [1.82, 2.24) is 5.32 Å². The summed E-state index contributed by atoms with van der Waals surface area (Å²) in [5, 5.41) is 3.77. The Hall–Kier alpha value is -0.820. The second-order valence-electron chi connectivity index (χ2n) is 5.36. The van der Waals surface area contributed by atoms with Gasteiger partial charge in [0.1, 0.15) is 0 Å². The standard InChI is InChI=1S/C17H29N/c1-4-6-8-11-15(3)18-17(5-2)14-16-12-9-7-10-13-16/h7,9-10,12-13,15,17-18H,4-6,8,11,14H2,1-3H3. The highest BCUT2D eigenvalue weighted by Crippen LogP contribution is 2.09. The van der Waals surface area contributed by atoms with Crippen LogP contribution >= 0.6 is 0 Å². The number of unbranched alkanes of at least 4 members (excludes halogenated alkanes) is 2. The first-order chi connectivity index (χ1) is 8.76. The topological polar surface area (TPSA) is 12.0 Å². The molecule has 0 heterocycles. The van der Waals surface area contributed by atoms with E-state index in [2.05, 4.69) is 56.4 Å². The fourth-order valence-corrected chi connectivity index (χ4v) is 2.41. The zero-order chi connectivity index (χ0) is 13.2. The van der Waals surface area contributed by atoms with E-state index in [4.69, 9.17) is 0 Å². The minimum absolute atomic E-state index is 0.615. The third-order valence-electron chi connectivity index (χ3n) is 3.58. The van der Waals surface area contributed by atoms with Crippen LogP contribution in [0, 0.1) is 0 Å². The van der Waals surface area contributed by atoms with Crippen molar-refractivity contribution >= 4 is 0 Å². The molecule has 1 aromatic rings. The molecule has 0 aromatic heterocycles. The molecule has 0 amide bonds. The van der Waals surface area contributed by atoms with E-state index >= 15 is 0 Å². The number of nitrogens with one attached hydrogen (secondary N) is 1. The Morgan fingerprint density at radius 1 is 1.06 bits per heavy atom. The summed E-state index contributed by atoms with van der Waals surface area (Å²) in [5.74, 6) is 0. The largest absolute Gasteiger partial charge is 0.311 e. The second-order valence-corrected chi connectivity index (χ2v) is 5.36. The van der Waals surface area contributed by atoms with Gasteiger partial charge in [-0.1, -0.05) is 63.4 Å². The predicted octanol–water partition coefficient (Wildman–Crippen LogP) is 4.57. The quantitative estimate of drug-likeness (QED) is 0.630. The fraction of sp³-hybridized carbons (Fsp3) is 0.647. The molecule has 0 aliphatic heterocycles. The van der Waals surface area contributed by atoms with Gasteiger partial charge in [0.25, 0.3) is 0 Å². The van der Waals surface area contributed by atoms with Crippen molar-refractivity contribution in [1.29, 1.82) is 0 Å². The maximum absolute atomic E-state index is 3.77. The van der Waals surface area contributed by atoms with Gasteiger partial charge in [-0.15, -0.1) is 0 Å². The summed E-state index contributed by atoms with van der Waals surface area (Å²) in [6.07, 6.45) is 7.68. The number of benzene rings is 1. The Kier molecular flexibility index (Phi) is 7.75. The van der Waals surface area contributed by atoms with Crippen LogP contribution < -0.4 is 5.32 Å². The van der Waals surface area contributed by atoms with E-state index in [0.29, 0.717) is 12.1 Å². The molecule has 1 N–H and O–H groups in total. The molecule has 0 bridgehead atoms. The molecule has 0 radical (unpaired) electrons. The zero-order valence-electron chi connectivity index (χ0n) is 12.3. The Bertz CT molecular complexity index is 294. The van der Waals surface area contributed by atoms with Crippen molar-refractivity contribution in [2.24, 2.45) is 0 Å². The van der Waals surface area contributed by atoms with Crippen LogP contribution in [0.25, 0.3) is 0 Å². The zero-order valence-corrected chi connectivity index (χ0v) is 12.3. The summed E-state index contributed by atoms with van der Waals surface area (Å²) in [5.41, 5.74) is 1.44. The summed E-state index contributed by atoms with van der Waals surface area (Å²) in [7, 11) is 0. The number of rotatable bonds is 9. The Balaban J connectivity index is 2.32. The monoisotopic (exact) mass is 247 g/mol. The molecule has 18 heavy (non-hydrogen) atoms. The summed E-state index contributed by atoms with van der Waals surface area (Å²) in [6, 6.07) is 12.1. The van der Waals surface area contributed by atoms with Crippen LogP contribution in [0.15, 0.2) is 30.3 Å². The van der Waals surface area contributed by atoms with Gasteiger partial charge in [0.05, 0.1) is 0 Å². The van der Waals surface area contributed by atoms with Gasteiger partial charge in [-0.25, -0.2) is 0 Å². The van der Waals surface area contributed by atoms with Crippen LogP contribution in [-0.2, 0) is 6.42 Å². The van der Waals surface area contributed by atoms with Crippen molar-refractivity contribution < 1.29 is 0 Å². The second kappa shape index (κ2) is 9.16. The van der Waals surface area contributed by atoms with Crippen LogP contribution in [0.5, 0.6) is 0 Å². The van der Waals surface area contributed by atoms with Gasteiger partial charge in [-0.2, -0.15) is 0 Å². The first-order valence-corrected chi connectivity index (χ1v) is 7.56. The summed E-state index contributed by atoms with van der Waals surface area (Å²) in [6.45, 7) is 6.87. The van der Waals surface area contributed by atoms with Gasteiger partial charge >= 0.3 is 0 Å². The van der Waals surface area contributed by atoms with E-state index in [1.165, 1.54) is 37.7 Å². The lowest BCUT2D eigenvalue weighted by Crippen LogP contribution is -2.37. The summed E-state index contributed by atoms with van der Waals surface area (Å²) in [4.78, 5) is 0. The molecule has 0 aliphatic carbocycles. The van der Waals surface area contributed by atoms with Crippen molar-refractivity contribution in [3.05, 3.63) is 35.9 Å². The summed E-state index contributed by atoms with van der Waals surface area (Å²) < 4.78 is 0. The SMILES string of the molecule is CCCCCC(C)NC(CC)Cc1ccccc1. The fourth-order valence-electron chi connectivity index (χ4n) is 2.41. The molecular formula is C17H29N. The number of hydrogen-bond donors (Lipinski definition) is 1. The molecule has 1 aromatic carbocycles. The van der Waals surface area contributed by atoms with Crippen molar-refractivity contribution in [2.45, 2.75) is 71.4 Å². The van der Waals surface area contributed by atoms with Crippen LogP contribution in [0.3, 0.4) is 0 Å². The van der Waals surface area contributed by atoms with E-state index in [1.54, 1.807) is 0 Å². The van der Waals surface area contributed by atoms with E-state index in [9.17, 15) is 0 Å². The highest BCUT2D eigenvalue weighted by atomic mass is 14.9. The lowest BCUT2D eigenvalue weighted by atomic mass is 10.0. The third kappa shape index (κ3) is 6.20. The molecule has 0 saturated heterocycles. The van der Waals surface area contributed by atoms with E-state index in [-0.39, 0.29) is 0 Å². The van der Waals surface area contributed by atoms with Crippen LogP contribution in [0.1, 0.15) is 58.4 Å². The minimum atomic E-state index is 0.615. The molecule has 1 heteroatoms. The Labute approximate surface area is 113 Å². The first kappa shape index (κ1) is 15.2. The van der Waals surface area contributed by atoms with Gasteiger partial charge in [0, 0.05) is 12.1 Å². The molecule has 2 atom stereocenters. The molecule has 2 unspecified atom stereocenters. The smallest absolute Gasteiger partial charge is 0.0107 e. The first-order valence-electron chi connectivity index (χ1n) is 7.56. The van der Waals surface area contributed by atoms with Crippen LogP contribution in [0.2, 0.25) is 0 Å². The molecule has 0 fully saturated rings. The summed E-state index contributed by atoms with van der Waals surface area (Å²) >= 11 is 0. The van der Waals surface area contributed by atoms with Gasteiger partial charge < -0.3 is 5.32 Å². The third-order valence-corrected chi connectivity index (χ3v) is 3.58. The van der Waals surface area contributed by atoms with Crippen molar-refractivity contribution in [3.8, 4) is 0 Å². The minimum Gasteiger partial charge on any atom is -0.311 e. The van der Waals surface area contributed by atoms with E-state index < -0.39 is 0 Å². The molecule has 0 spiro atoms. The molecular weight excluding hydrogens is 218 g/mol. The average Bonchev–Trinajstić information content (AvgIpc) is 2.39. The normalized spacial score (nSPS) is 14.4. The van der Waals surface area contributed by atoms with Crippen LogP contribution in [0.4, 0.5) is 0 Å². The molecule has 1 rings (SSSR count). The van der Waals surface area contributed by atoms with Crippen LogP contribution in [-0.4, -0.2) is 12.1 Å². The molecule has 0 saturated carbocycles. The Morgan fingerprint density at radius 3 is 2.39 bits per heavy atom. The van der Waals surface area contributed by atoms with Gasteiger partial charge in [0.2, 0.25) is 0 Å². The van der Waals surface area contributed by atoms with Crippen molar-refractivity contribution in [2.75, 3.05) is 0 Å². The molecule has 102 valence electrons. The average molecular weight is 247 g/mol. The van der Waals surface area contributed by atoms with Gasteiger partial charge in [0.15, 0.2) is 0 Å². The van der Waals surface area contributed by atoms with E-state index in [0.717, 1.165) is 6.42 Å². The van der Waals surface area contributed by atoms with Crippen molar-refractivity contribution in [3.63, 3.8) is 0 Å². The van der Waals surface area contributed by atoms with E-state index in [1.807, 2.05) is 0 Å². The van der Waals surface area contributed by atoms with Gasteiger partial charge in [-0.3, -0.25) is 0 Å². The predicted molar refractivity (Wildman–Crippen MR) is 81.0 cm³/mol. The highest BCUT2D eigenvalue weighted by molar-refractivity contribution is 5.15. The molecule has 0 aliphatic rings.